The standard InChI is InChI=1S/C62H123NO3/c1-3-5-7-9-11-13-15-17-19-21-23-24-25-26-27-28-29-30-31-32-33-34-35-36-37-38-40-42-44-46-48-50-52-54-56-58-62(66)63-60(59-64)61(65)57-55-53-51-49-47-45-43-41-39-22-20-18-16-14-12-10-8-6-4-2/h28-29,60-61,64-65H,3-27,30-59H2,1-2H3,(H,63,66)/b29-28-. The fraction of sp³-hybridized carbons (Fsp3) is 0.952. The minimum Gasteiger partial charge on any atom is -0.394 e. The molecule has 0 rings (SSSR count). The first-order chi connectivity index (χ1) is 32.7. The number of aliphatic hydroxyl groups is 2. The predicted molar refractivity (Wildman–Crippen MR) is 295 cm³/mol. The summed E-state index contributed by atoms with van der Waals surface area (Å²) in [5.41, 5.74) is 0. The average molecular weight is 931 g/mol. The molecule has 0 aliphatic rings. The molecule has 2 unspecified atom stereocenters. The second-order valence-electron chi connectivity index (χ2n) is 21.5. The van der Waals surface area contributed by atoms with Crippen LogP contribution in [0.2, 0.25) is 0 Å². The highest BCUT2D eigenvalue weighted by atomic mass is 16.3. The third-order valence-corrected chi connectivity index (χ3v) is 14.8. The van der Waals surface area contributed by atoms with Gasteiger partial charge in [0.15, 0.2) is 0 Å². The van der Waals surface area contributed by atoms with Crippen LogP contribution >= 0.6 is 0 Å². The Morgan fingerprint density at radius 1 is 0.348 bits per heavy atom. The molecule has 2 atom stereocenters. The van der Waals surface area contributed by atoms with Crippen LogP contribution in [0.5, 0.6) is 0 Å². The second kappa shape index (κ2) is 58.4. The highest BCUT2D eigenvalue weighted by Gasteiger charge is 2.20. The zero-order valence-electron chi connectivity index (χ0n) is 45.5. The van der Waals surface area contributed by atoms with E-state index in [0.29, 0.717) is 12.8 Å². The van der Waals surface area contributed by atoms with Crippen LogP contribution in [0.4, 0.5) is 0 Å². The first kappa shape index (κ1) is 65.1. The molecular weight excluding hydrogens is 807 g/mol. The van der Waals surface area contributed by atoms with Gasteiger partial charge in [-0.3, -0.25) is 4.79 Å². The number of rotatable bonds is 58. The molecule has 4 nitrogen and oxygen atoms in total. The lowest BCUT2D eigenvalue weighted by Crippen LogP contribution is -2.45. The van der Waals surface area contributed by atoms with Gasteiger partial charge in [-0.15, -0.1) is 0 Å². The quantitative estimate of drug-likeness (QED) is 0.0420. The summed E-state index contributed by atoms with van der Waals surface area (Å²) in [5.74, 6) is -0.0232. The smallest absolute Gasteiger partial charge is 0.220 e. The van der Waals surface area contributed by atoms with Crippen molar-refractivity contribution in [1.29, 1.82) is 0 Å². The number of hydrogen-bond donors (Lipinski definition) is 3. The van der Waals surface area contributed by atoms with Crippen LogP contribution in [0.3, 0.4) is 0 Å². The van der Waals surface area contributed by atoms with Crippen LogP contribution in [0.1, 0.15) is 361 Å². The van der Waals surface area contributed by atoms with Gasteiger partial charge in [0.1, 0.15) is 0 Å². The van der Waals surface area contributed by atoms with Gasteiger partial charge in [0.25, 0.3) is 0 Å². The highest BCUT2D eigenvalue weighted by Crippen LogP contribution is 2.18. The zero-order valence-corrected chi connectivity index (χ0v) is 45.5. The maximum absolute atomic E-state index is 12.5. The van der Waals surface area contributed by atoms with Crippen molar-refractivity contribution in [1.82, 2.24) is 5.32 Å². The molecule has 0 fully saturated rings. The molecule has 0 saturated heterocycles. The van der Waals surface area contributed by atoms with Crippen molar-refractivity contribution < 1.29 is 15.0 Å². The molecule has 0 bridgehead atoms. The summed E-state index contributed by atoms with van der Waals surface area (Å²) in [6.07, 6.45) is 76.6. The lowest BCUT2D eigenvalue weighted by atomic mass is 10.0. The number of hydrogen-bond acceptors (Lipinski definition) is 3. The molecule has 0 saturated carbocycles. The normalized spacial score (nSPS) is 12.7. The van der Waals surface area contributed by atoms with Gasteiger partial charge < -0.3 is 15.5 Å². The van der Waals surface area contributed by atoms with E-state index >= 15 is 0 Å². The first-order valence-electron chi connectivity index (χ1n) is 30.9. The average Bonchev–Trinajstić information content (AvgIpc) is 3.32. The van der Waals surface area contributed by atoms with Gasteiger partial charge in [-0.1, -0.05) is 328 Å². The molecule has 0 spiro atoms. The van der Waals surface area contributed by atoms with E-state index in [9.17, 15) is 15.0 Å². The number of nitrogens with one attached hydrogen (secondary N) is 1. The minimum atomic E-state index is -0.657. The van der Waals surface area contributed by atoms with Gasteiger partial charge in [-0.25, -0.2) is 0 Å². The van der Waals surface area contributed by atoms with E-state index in [-0.39, 0.29) is 12.5 Å². The Morgan fingerprint density at radius 3 is 0.833 bits per heavy atom. The zero-order chi connectivity index (χ0) is 47.7. The van der Waals surface area contributed by atoms with E-state index in [1.54, 1.807) is 0 Å². The Morgan fingerprint density at radius 2 is 0.576 bits per heavy atom. The Bertz CT molecular complexity index is 921. The second-order valence-corrected chi connectivity index (χ2v) is 21.5. The summed E-state index contributed by atoms with van der Waals surface area (Å²) >= 11 is 0. The number of unbranched alkanes of at least 4 members (excludes halogenated alkanes) is 49. The number of carbonyl (C=O) groups is 1. The largest absolute Gasteiger partial charge is 0.394 e. The van der Waals surface area contributed by atoms with Crippen LogP contribution in [0.15, 0.2) is 12.2 Å². The molecule has 0 aliphatic carbocycles. The van der Waals surface area contributed by atoms with Crippen molar-refractivity contribution >= 4 is 5.91 Å². The molecule has 394 valence electrons. The number of aliphatic hydroxyl groups excluding tert-OH is 2. The van der Waals surface area contributed by atoms with Gasteiger partial charge in [0.2, 0.25) is 5.91 Å². The van der Waals surface area contributed by atoms with E-state index in [2.05, 4.69) is 31.3 Å². The van der Waals surface area contributed by atoms with Gasteiger partial charge in [-0.2, -0.15) is 0 Å². The summed E-state index contributed by atoms with van der Waals surface area (Å²) in [6, 6.07) is -0.533. The SMILES string of the molecule is CCCCCCCCCCCCCCCC/C=C\CCCCCCCCCCCCCCCCCCCC(=O)NC(CO)C(O)CCCCCCCCCCCCCCCCCCCCC. The lowest BCUT2D eigenvalue weighted by molar-refractivity contribution is -0.123. The van der Waals surface area contributed by atoms with Crippen molar-refractivity contribution in [2.45, 2.75) is 373 Å². The van der Waals surface area contributed by atoms with Crippen molar-refractivity contribution in [2.75, 3.05) is 6.61 Å². The van der Waals surface area contributed by atoms with Crippen molar-refractivity contribution in [2.24, 2.45) is 0 Å². The van der Waals surface area contributed by atoms with E-state index in [0.717, 1.165) is 25.7 Å². The molecule has 0 aromatic heterocycles. The molecule has 0 aromatic rings. The van der Waals surface area contributed by atoms with Crippen LogP contribution in [-0.4, -0.2) is 34.9 Å². The Kier molecular flexibility index (Phi) is 57.7. The van der Waals surface area contributed by atoms with E-state index in [1.165, 1.54) is 308 Å². The molecule has 0 aliphatic heterocycles. The molecule has 0 heterocycles. The molecule has 4 heteroatoms. The number of carbonyl (C=O) groups excluding carboxylic acids is 1. The third-order valence-electron chi connectivity index (χ3n) is 14.8. The minimum absolute atomic E-state index is 0.0232. The molecule has 1 amide bonds. The van der Waals surface area contributed by atoms with Crippen molar-refractivity contribution in [3.63, 3.8) is 0 Å². The maximum atomic E-state index is 12.5. The Balaban J connectivity index is 3.38. The molecule has 0 aromatic carbocycles. The fourth-order valence-corrected chi connectivity index (χ4v) is 10.1. The Hall–Kier alpha value is -0.870. The van der Waals surface area contributed by atoms with Crippen LogP contribution in [-0.2, 0) is 4.79 Å². The van der Waals surface area contributed by atoms with Gasteiger partial charge >= 0.3 is 0 Å². The van der Waals surface area contributed by atoms with E-state index in [4.69, 9.17) is 0 Å². The van der Waals surface area contributed by atoms with E-state index in [1.807, 2.05) is 0 Å². The molecule has 66 heavy (non-hydrogen) atoms. The number of amides is 1. The fourth-order valence-electron chi connectivity index (χ4n) is 10.1. The maximum Gasteiger partial charge on any atom is 0.220 e. The summed E-state index contributed by atoms with van der Waals surface area (Å²) in [7, 11) is 0. The first-order valence-corrected chi connectivity index (χ1v) is 30.9. The summed E-state index contributed by atoms with van der Waals surface area (Å²) in [5, 5.41) is 23.4. The van der Waals surface area contributed by atoms with Crippen molar-refractivity contribution in [3.05, 3.63) is 12.2 Å². The van der Waals surface area contributed by atoms with Gasteiger partial charge in [0, 0.05) is 6.42 Å². The van der Waals surface area contributed by atoms with Crippen LogP contribution < -0.4 is 5.32 Å². The summed E-state index contributed by atoms with van der Waals surface area (Å²) < 4.78 is 0. The summed E-state index contributed by atoms with van der Waals surface area (Å²) in [4.78, 5) is 12.5. The van der Waals surface area contributed by atoms with Gasteiger partial charge in [0.05, 0.1) is 18.8 Å². The highest BCUT2D eigenvalue weighted by molar-refractivity contribution is 5.76. The topological polar surface area (TPSA) is 69.6 Å². The number of allylic oxidation sites excluding steroid dienone is 2. The van der Waals surface area contributed by atoms with E-state index < -0.39 is 12.1 Å². The third kappa shape index (κ3) is 54.1. The molecule has 3 N–H and O–H groups in total. The van der Waals surface area contributed by atoms with Crippen LogP contribution in [0.25, 0.3) is 0 Å². The molecular formula is C62H123NO3. The van der Waals surface area contributed by atoms with Crippen LogP contribution in [0, 0.1) is 0 Å². The monoisotopic (exact) mass is 930 g/mol. The van der Waals surface area contributed by atoms with Crippen molar-refractivity contribution in [3.8, 4) is 0 Å². The molecule has 0 radical (unpaired) electrons. The lowest BCUT2D eigenvalue weighted by Gasteiger charge is -2.22. The summed E-state index contributed by atoms with van der Waals surface area (Å²) in [6.45, 7) is 4.40. The Labute approximate surface area is 416 Å². The predicted octanol–water partition coefficient (Wildman–Crippen LogP) is 20.5. The van der Waals surface area contributed by atoms with Gasteiger partial charge in [-0.05, 0) is 38.5 Å².